The predicted molar refractivity (Wildman–Crippen MR) is 91.0 cm³/mol. The van der Waals surface area contributed by atoms with Crippen LogP contribution in [0.1, 0.15) is 19.8 Å². The van der Waals surface area contributed by atoms with Gasteiger partial charge in [0.05, 0.1) is 12.6 Å². The monoisotopic (exact) mass is 318 g/mol. The van der Waals surface area contributed by atoms with Crippen LogP contribution >= 0.6 is 0 Å². The van der Waals surface area contributed by atoms with Crippen LogP contribution in [0.3, 0.4) is 0 Å². The Kier molecular flexibility index (Phi) is 6.55. The second kappa shape index (κ2) is 8.64. The van der Waals surface area contributed by atoms with E-state index in [2.05, 4.69) is 10.2 Å². The third kappa shape index (κ3) is 5.33. The summed E-state index contributed by atoms with van der Waals surface area (Å²) in [6.07, 6.45) is 1.63. The maximum atomic E-state index is 12.2. The van der Waals surface area contributed by atoms with Gasteiger partial charge in [-0.15, -0.1) is 0 Å². The van der Waals surface area contributed by atoms with Crippen LogP contribution in [0.25, 0.3) is 0 Å². The van der Waals surface area contributed by atoms with Crippen LogP contribution in [0.5, 0.6) is 0 Å². The molecule has 1 unspecified atom stereocenters. The molecule has 0 radical (unpaired) electrons. The minimum absolute atomic E-state index is 0.0280. The molecule has 1 heterocycles. The van der Waals surface area contributed by atoms with Crippen LogP contribution in [0.15, 0.2) is 30.3 Å². The van der Waals surface area contributed by atoms with E-state index in [4.69, 9.17) is 5.73 Å². The number of hydrogen-bond acceptors (Lipinski definition) is 4. The standard InChI is InChI=1S/C17H26N4O2/c1-2-6-15(18)17(23)21-11-9-20(10-12-21)13-16(22)19-14-7-4-3-5-8-14/h3-5,7-8,15H,2,6,9-13,18H2,1H3,(H,19,22). The molecule has 0 spiro atoms. The lowest BCUT2D eigenvalue weighted by Gasteiger charge is -2.35. The summed E-state index contributed by atoms with van der Waals surface area (Å²) in [5, 5.41) is 2.88. The Hall–Kier alpha value is -1.92. The highest BCUT2D eigenvalue weighted by Crippen LogP contribution is 2.08. The van der Waals surface area contributed by atoms with E-state index in [1.807, 2.05) is 42.2 Å². The van der Waals surface area contributed by atoms with E-state index >= 15 is 0 Å². The third-order valence-corrected chi connectivity index (χ3v) is 4.03. The number of nitrogens with two attached hydrogens (primary N) is 1. The summed E-state index contributed by atoms with van der Waals surface area (Å²) in [6, 6.07) is 9.02. The molecule has 0 aliphatic carbocycles. The zero-order valence-corrected chi connectivity index (χ0v) is 13.7. The molecular formula is C17H26N4O2. The van der Waals surface area contributed by atoms with Gasteiger partial charge in [-0.1, -0.05) is 31.5 Å². The maximum absolute atomic E-state index is 12.2. The van der Waals surface area contributed by atoms with Crippen molar-refractivity contribution in [3.63, 3.8) is 0 Å². The molecule has 1 saturated heterocycles. The lowest BCUT2D eigenvalue weighted by molar-refractivity contribution is -0.134. The Morgan fingerprint density at radius 2 is 1.83 bits per heavy atom. The first-order chi connectivity index (χ1) is 11.1. The van der Waals surface area contributed by atoms with E-state index < -0.39 is 6.04 Å². The van der Waals surface area contributed by atoms with Crippen molar-refractivity contribution in [2.45, 2.75) is 25.8 Å². The summed E-state index contributed by atoms with van der Waals surface area (Å²) in [6.45, 7) is 5.04. The predicted octanol–water partition coefficient (Wildman–Crippen LogP) is 0.897. The Bertz CT molecular complexity index is 513. The first-order valence-corrected chi connectivity index (χ1v) is 8.21. The topological polar surface area (TPSA) is 78.7 Å². The smallest absolute Gasteiger partial charge is 0.239 e. The molecule has 1 aromatic carbocycles. The molecule has 1 aliphatic heterocycles. The van der Waals surface area contributed by atoms with E-state index in [0.717, 1.165) is 18.5 Å². The van der Waals surface area contributed by atoms with Gasteiger partial charge in [0, 0.05) is 31.9 Å². The largest absolute Gasteiger partial charge is 0.339 e. The van der Waals surface area contributed by atoms with Gasteiger partial charge in [0.2, 0.25) is 11.8 Å². The fourth-order valence-corrected chi connectivity index (χ4v) is 2.72. The van der Waals surface area contributed by atoms with Crippen LogP contribution in [-0.4, -0.2) is 60.4 Å². The number of nitrogens with zero attached hydrogens (tertiary/aromatic N) is 2. The van der Waals surface area contributed by atoms with Crippen molar-refractivity contribution in [3.05, 3.63) is 30.3 Å². The summed E-state index contributed by atoms with van der Waals surface area (Å²) < 4.78 is 0. The summed E-state index contributed by atoms with van der Waals surface area (Å²) >= 11 is 0. The number of piperazine rings is 1. The molecule has 23 heavy (non-hydrogen) atoms. The normalized spacial score (nSPS) is 16.9. The summed E-state index contributed by atoms with van der Waals surface area (Å²) in [5.41, 5.74) is 6.69. The number of benzene rings is 1. The number of nitrogens with one attached hydrogen (secondary N) is 1. The number of carbonyl (C=O) groups excluding carboxylic acids is 2. The molecule has 1 atom stereocenters. The minimum Gasteiger partial charge on any atom is -0.339 e. The lowest BCUT2D eigenvalue weighted by atomic mass is 10.1. The second-order valence-electron chi connectivity index (χ2n) is 5.91. The van der Waals surface area contributed by atoms with Crippen molar-refractivity contribution in [1.82, 2.24) is 9.80 Å². The zero-order valence-electron chi connectivity index (χ0n) is 13.7. The number of anilines is 1. The zero-order chi connectivity index (χ0) is 16.7. The molecular weight excluding hydrogens is 292 g/mol. The number of amides is 2. The second-order valence-corrected chi connectivity index (χ2v) is 5.91. The third-order valence-electron chi connectivity index (χ3n) is 4.03. The molecule has 0 saturated carbocycles. The molecule has 3 N–H and O–H groups in total. The van der Waals surface area contributed by atoms with Crippen LogP contribution in [0.4, 0.5) is 5.69 Å². The van der Waals surface area contributed by atoms with Gasteiger partial charge >= 0.3 is 0 Å². The SMILES string of the molecule is CCCC(N)C(=O)N1CCN(CC(=O)Nc2ccccc2)CC1. The van der Waals surface area contributed by atoms with Crippen LogP contribution in [0, 0.1) is 0 Å². The Morgan fingerprint density at radius 1 is 1.17 bits per heavy atom. The number of rotatable bonds is 6. The van der Waals surface area contributed by atoms with Crippen molar-refractivity contribution >= 4 is 17.5 Å². The molecule has 6 nitrogen and oxygen atoms in total. The number of carbonyl (C=O) groups is 2. The van der Waals surface area contributed by atoms with Gasteiger partial charge < -0.3 is 16.0 Å². The Balaban J connectivity index is 1.74. The first-order valence-electron chi connectivity index (χ1n) is 8.21. The maximum Gasteiger partial charge on any atom is 0.239 e. The number of para-hydroxylation sites is 1. The van der Waals surface area contributed by atoms with E-state index in [1.165, 1.54) is 0 Å². The van der Waals surface area contributed by atoms with Crippen molar-refractivity contribution in [2.75, 3.05) is 38.0 Å². The van der Waals surface area contributed by atoms with Crippen LogP contribution in [-0.2, 0) is 9.59 Å². The average Bonchev–Trinajstić information content (AvgIpc) is 2.56. The molecule has 2 rings (SSSR count). The number of hydrogen-bond donors (Lipinski definition) is 2. The van der Waals surface area contributed by atoms with Gasteiger partial charge in [0.1, 0.15) is 0 Å². The van der Waals surface area contributed by atoms with Gasteiger partial charge in [0.25, 0.3) is 0 Å². The molecule has 2 amide bonds. The highest BCUT2D eigenvalue weighted by Gasteiger charge is 2.25. The Morgan fingerprint density at radius 3 is 2.43 bits per heavy atom. The molecule has 1 aliphatic rings. The van der Waals surface area contributed by atoms with Gasteiger partial charge in [0.15, 0.2) is 0 Å². The van der Waals surface area contributed by atoms with Crippen molar-refractivity contribution < 1.29 is 9.59 Å². The minimum atomic E-state index is -0.395. The molecule has 6 heteroatoms. The molecule has 0 bridgehead atoms. The lowest BCUT2D eigenvalue weighted by Crippen LogP contribution is -2.54. The Labute approximate surface area is 137 Å². The van der Waals surface area contributed by atoms with Crippen LogP contribution < -0.4 is 11.1 Å². The van der Waals surface area contributed by atoms with E-state index in [0.29, 0.717) is 32.7 Å². The van der Waals surface area contributed by atoms with E-state index in [9.17, 15) is 9.59 Å². The average molecular weight is 318 g/mol. The fraction of sp³-hybridized carbons (Fsp3) is 0.529. The molecule has 1 fully saturated rings. The van der Waals surface area contributed by atoms with Crippen molar-refractivity contribution in [2.24, 2.45) is 5.73 Å². The highest BCUT2D eigenvalue weighted by molar-refractivity contribution is 5.92. The molecule has 0 aromatic heterocycles. The molecule has 126 valence electrons. The van der Waals surface area contributed by atoms with E-state index in [-0.39, 0.29) is 11.8 Å². The summed E-state index contributed by atoms with van der Waals surface area (Å²) in [4.78, 5) is 28.1. The highest BCUT2D eigenvalue weighted by atomic mass is 16.2. The van der Waals surface area contributed by atoms with Gasteiger partial charge in [-0.3, -0.25) is 14.5 Å². The molecule has 1 aromatic rings. The van der Waals surface area contributed by atoms with E-state index in [1.54, 1.807) is 0 Å². The quantitative estimate of drug-likeness (QED) is 0.817. The fourth-order valence-electron chi connectivity index (χ4n) is 2.72. The van der Waals surface area contributed by atoms with Crippen molar-refractivity contribution in [1.29, 1.82) is 0 Å². The van der Waals surface area contributed by atoms with Crippen molar-refractivity contribution in [3.8, 4) is 0 Å². The van der Waals surface area contributed by atoms with Gasteiger partial charge in [-0.2, -0.15) is 0 Å². The summed E-state index contributed by atoms with van der Waals surface area (Å²) in [5.74, 6) is -0.00102. The van der Waals surface area contributed by atoms with Gasteiger partial charge in [-0.05, 0) is 18.6 Å². The van der Waals surface area contributed by atoms with Gasteiger partial charge in [-0.25, -0.2) is 0 Å². The van der Waals surface area contributed by atoms with Crippen LogP contribution in [0.2, 0.25) is 0 Å². The summed E-state index contributed by atoms with van der Waals surface area (Å²) in [7, 11) is 0. The first kappa shape index (κ1) is 17.4.